The maximum Gasteiger partial charge on any atom is 0.231 e. The minimum absolute atomic E-state index is 0.193. The number of hydrogen-bond acceptors (Lipinski definition) is 2. The van der Waals surface area contributed by atoms with Crippen LogP contribution in [-0.2, 0) is 22.4 Å². The summed E-state index contributed by atoms with van der Waals surface area (Å²) in [5.41, 5.74) is 1.31. The van der Waals surface area contributed by atoms with Crippen molar-refractivity contribution in [1.82, 2.24) is 9.55 Å². The van der Waals surface area contributed by atoms with E-state index >= 15 is 0 Å². The van der Waals surface area contributed by atoms with E-state index in [1.54, 1.807) is 30.5 Å². The molecule has 134 valence electrons. The summed E-state index contributed by atoms with van der Waals surface area (Å²) in [5.74, 6) is -0.144. The number of hydrogen-bond donors (Lipinski definition) is 0. The molecule has 26 heavy (non-hydrogen) atoms. The molecule has 1 aliphatic heterocycles. The Kier molecular flexibility index (Phi) is 3.82. The van der Waals surface area contributed by atoms with E-state index in [1.165, 1.54) is 24.3 Å². The monoisotopic (exact) mass is 374 g/mol. The fraction of sp³-hybridized carbons (Fsp3) is 0.211. The maximum absolute atomic E-state index is 13.8. The largest absolute Gasteiger partial charge is 0.284 e. The SMILES string of the molecule is C[N+]1(C)Cn2ccnc2C(c2ccc(F)cc2)(c2ccc(F)cc2)S1=O. The highest BCUT2D eigenvalue weighted by Gasteiger charge is 2.57. The summed E-state index contributed by atoms with van der Waals surface area (Å²) in [6, 6.07) is 11.9. The van der Waals surface area contributed by atoms with Gasteiger partial charge in [0.05, 0.1) is 14.1 Å². The maximum atomic E-state index is 13.8. The molecular formula is C19H18F2N3OS+. The molecule has 1 atom stereocenters. The molecular weight excluding hydrogens is 356 g/mol. The summed E-state index contributed by atoms with van der Waals surface area (Å²) in [6.07, 6.45) is 3.51. The first-order valence-corrected chi connectivity index (χ1v) is 9.25. The van der Waals surface area contributed by atoms with Gasteiger partial charge in [-0.05, 0) is 35.4 Å². The molecule has 0 N–H and O–H groups in total. The van der Waals surface area contributed by atoms with Gasteiger partial charge in [0, 0.05) is 12.4 Å². The predicted octanol–water partition coefficient (Wildman–Crippen LogP) is 3.16. The summed E-state index contributed by atoms with van der Waals surface area (Å²) in [4.78, 5) is 4.50. The van der Waals surface area contributed by atoms with Gasteiger partial charge in [0.1, 0.15) is 17.5 Å². The lowest BCUT2D eigenvalue weighted by Gasteiger charge is -2.43. The number of benzene rings is 2. The third kappa shape index (κ3) is 2.34. The van der Waals surface area contributed by atoms with Crippen molar-refractivity contribution >= 4 is 11.0 Å². The first kappa shape index (κ1) is 17.1. The van der Waals surface area contributed by atoms with E-state index in [0.717, 1.165) is 0 Å². The smallest absolute Gasteiger partial charge is 0.231 e. The van der Waals surface area contributed by atoms with Crippen molar-refractivity contribution < 1.29 is 16.9 Å². The predicted molar refractivity (Wildman–Crippen MR) is 95.2 cm³/mol. The lowest BCUT2D eigenvalue weighted by molar-refractivity contribution is -0.786. The summed E-state index contributed by atoms with van der Waals surface area (Å²) < 4.78 is 42.0. The zero-order chi connectivity index (χ0) is 18.5. The molecule has 0 saturated heterocycles. The number of nitrogens with zero attached hydrogens (tertiary/aromatic N) is 3. The molecule has 4 rings (SSSR count). The highest BCUT2D eigenvalue weighted by atomic mass is 32.2. The van der Waals surface area contributed by atoms with Gasteiger partial charge in [-0.2, -0.15) is 4.21 Å². The van der Waals surface area contributed by atoms with Crippen molar-refractivity contribution in [3.8, 4) is 0 Å². The molecule has 2 aromatic carbocycles. The van der Waals surface area contributed by atoms with Gasteiger partial charge in [-0.15, -0.1) is 0 Å². The lowest BCUT2D eigenvalue weighted by atomic mass is 9.89. The fourth-order valence-electron chi connectivity index (χ4n) is 3.60. The van der Waals surface area contributed by atoms with E-state index in [1.807, 2.05) is 24.9 Å². The van der Waals surface area contributed by atoms with Crippen LogP contribution in [0, 0.1) is 11.6 Å². The van der Waals surface area contributed by atoms with Crippen LogP contribution in [0.15, 0.2) is 60.9 Å². The highest BCUT2D eigenvalue weighted by Crippen LogP contribution is 2.46. The van der Waals surface area contributed by atoms with Crippen molar-refractivity contribution in [1.29, 1.82) is 0 Å². The average Bonchev–Trinajstić information content (AvgIpc) is 3.06. The van der Waals surface area contributed by atoms with Crippen LogP contribution in [0.5, 0.6) is 0 Å². The molecule has 1 unspecified atom stereocenters. The van der Waals surface area contributed by atoms with Gasteiger partial charge in [-0.3, -0.25) is 4.57 Å². The molecule has 1 aromatic heterocycles. The highest BCUT2D eigenvalue weighted by molar-refractivity contribution is 7.80. The summed E-state index contributed by atoms with van der Waals surface area (Å²) >= 11 is 0. The van der Waals surface area contributed by atoms with Crippen LogP contribution < -0.4 is 0 Å². The Morgan fingerprint density at radius 2 is 1.50 bits per heavy atom. The quantitative estimate of drug-likeness (QED) is 0.646. The second-order valence-electron chi connectivity index (χ2n) is 6.88. The number of imidazole rings is 1. The Balaban J connectivity index is 2.11. The second kappa shape index (κ2) is 5.82. The molecule has 0 bridgehead atoms. The third-order valence-electron chi connectivity index (χ3n) is 4.74. The molecule has 0 saturated carbocycles. The minimum Gasteiger partial charge on any atom is -0.284 e. The van der Waals surface area contributed by atoms with E-state index in [4.69, 9.17) is 0 Å². The Bertz CT molecular complexity index is 935. The second-order valence-corrected chi connectivity index (χ2v) is 8.98. The van der Waals surface area contributed by atoms with Crippen LogP contribution in [0.3, 0.4) is 0 Å². The Hall–Kier alpha value is -2.38. The van der Waals surface area contributed by atoms with Crippen LogP contribution in [-0.4, -0.2) is 31.7 Å². The van der Waals surface area contributed by atoms with Crippen LogP contribution in [0.1, 0.15) is 17.0 Å². The molecule has 4 nitrogen and oxygen atoms in total. The zero-order valence-electron chi connectivity index (χ0n) is 14.4. The average molecular weight is 374 g/mol. The van der Waals surface area contributed by atoms with E-state index in [2.05, 4.69) is 4.98 Å². The standard InChI is InChI=1S/C19H18F2N3OS/c1-24(2)13-23-12-11-22-18(23)19(26(24)25,14-3-7-16(20)8-4-14)15-5-9-17(21)10-6-15/h3-12H,13H2,1-2H3/q+1. The topological polar surface area (TPSA) is 34.9 Å². The van der Waals surface area contributed by atoms with Crippen molar-refractivity contribution in [3.05, 3.63) is 89.5 Å². The molecule has 1 aliphatic rings. The van der Waals surface area contributed by atoms with Crippen LogP contribution in [0.4, 0.5) is 8.78 Å². The first-order valence-electron chi connectivity index (χ1n) is 8.15. The molecule has 0 amide bonds. The molecule has 7 heteroatoms. The van der Waals surface area contributed by atoms with Crippen molar-refractivity contribution in [3.63, 3.8) is 0 Å². The van der Waals surface area contributed by atoms with E-state index in [-0.39, 0.29) is 15.5 Å². The zero-order valence-corrected chi connectivity index (χ0v) is 15.2. The molecule has 2 heterocycles. The van der Waals surface area contributed by atoms with Gasteiger partial charge in [0.15, 0.2) is 6.67 Å². The molecule has 0 aliphatic carbocycles. The first-order chi connectivity index (χ1) is 12.4. The van der Waals surface area contributed by atoms with Gasteiger partial charge in [-0.1, -0.05) is 24.3 Å². The third-order valence-corrected chi connectivity index (χ3v) is 6.93. The van der Waals surface area contributed by atoms with Crippen LogP contribution >= 0.6 is 0 Å². The molecule has 0 spiro atoms. The van der Waals surface area contributed by atoms with E-state index in [0.29, 0.717) is 23.6 Å². The van der Waals surface area contributed by atoms with E-state index < -0.39 is 15.7 Å². The Labute approximate surface area is 152 Å². The number of quaternary nitrogens is 1. The number of fused-ring (bicyclic) bond motifs is 1. The molecule has 0 fully saturated rings. The number of halogens is 2. The van der Waals surface area contributed by atoms with Crippen molar-refractivity contribution in [2.45, 2.75) is 11.4 Å². The fourth-order valence-corrected chi connectivity index (χ4v) is 5.57. The van der Waals surface area contributed by atoms with Gasteiger partial charge in [-0.25, -0.2) is 17.7 Å². The summed E-state index contributed by atoms with van der Waals surface area (Å²) in [6.45, 7) is 0.492. The normalized spacial score (nSPS) is 20.5. The summed E-state index contributed by atoms with van der Waals surface area (Å²) in [7, 11) is 2.26. The van der Waals surface area contributed by atoms with Crippen LogP contribution in [0.25, 0.3) is 0 Å². The van der Waals surface area contributed by atoms with E-state index in [9.17, 15) is 13.0 Å². The molecule has 3 aromatic rings. The van der Waals surface area contributed by atoms with Crippen LogP contribution in [0.2, 0.25) is 0 Å². The molecule has 0 radical (unpaired) electrons. The summed E-state index contributed by atoms with van der Waals surface area (Å²) in [5, 5.41) is 0. The number of rotatable bonds is 2. The Morgan fingerprint density at radius 3 is 2.00 bits per heavy atom. The van der Waals surface area contributed by atoms with Crippen molar-refractivity contribution in [2.24, 2.45) is 0 Å². The van der Waals surface area contributed by atoms with Gasteiger partial charge >= 0.3 is 0 Å². The lowest BCUT2D eigenvalue weighted by Crippen LogP contribution is -2.57. The number of aromatic nitrogens is 2. The minimum atomic E-state index is -1.49. The van der Waals surface area contributed by atoms with Gasteiger partial charge in [0.25, 0.3) is 0 Å². The Morgan fingerprint density at radius 1 is 1.00 bits per heavy atom. The van der Waals surface area contributed by atoms with Gasteiger partial charge in [0.2, 0.25) is 15.7 Å². The van der Waals surface area contributed by atoms with Crippen molar-refractivity contribution in [2.75, 3.05) is 14.1 Å². The van der Waals surface area contributed by atoms with Gasteiger partial charge < -0.3 is 0 Å².